The van der Waals surface area contributed by atoms with Crippen molar-refractivity contribution < 1.29 is 9.53 Å². The summed E-state index contributed by atoms with van der Waals surface area (Å²) in [7, 11) is 0. The normalized spacial score (nSPS) is 17.5. The third-order valence-electron chi connectivity index (χ3n) is 3.62. The SMILES string of the molecule is CCN(CC)CC(=O)N[C@@H]1CCOc2c(Cl)cccc21. The average molecular weight is 297 g/mol. The summed E-state index contributed by atoms with van der Waals surface area (Å²) in [5, 5.41) is 3.68. The summed E-state index contributed by atoms with van der Waals surface area (Å²) >= 11 is 6.13. The van der Waals surface area contributed by atoms with E-state index in [9.17, 15) is 4.79 Å². The van der Waals surface area contributed by atoms with Crippen molar-refractivity contribution in [3.8, 4) is 5.75 Å². The molecule has 0 radical (unpaired) electrons. The molecular weight excluding hydrogens is 276 g/mol. The van der Waals surface area contributed by atoms with E-state index in [1.54, 1.807) is 6.07 Å². The number of nitrogens with zero attached hydrogens (tertiary/aromatic N) is 1. The number of fused-ring (bicyclic) bond motifs is 1. The summed E-state index contributed by atoms with van der Waals surface area (Å²) in [6, 6.07) is 5.64. The van der Waals surface area contributed by atoms with Crippen LogP contribution in [0.1, 0.15) is 31.9 Å². The van der Waals surface area contributed by atoms with Crippen LogP contribution in [-0.2, 0) is 4.79 Å². The van der Waals surface area contributed by atoms with Crippen LogP contribution in [0.2, 0.25) is 5.02 Å². The fourth-order valence-electron chi connectivity index (χ4n) is 2.43. The molecular formula is C15H21ClN2O2. The largest absolute Gasteiger partial charge is 0.492 e. The van der Waals surface area contributed by atoms with E-state index in [1.165, 1.54) is 0 Å². The molecule has 0 saturated carbocycles. The molecule has 2 rings (SSSR count). The summed E-state index contributed by atoms with van der Waals surface area (Å²) in [5.74, 6) is 0.750. The molecule has 0 aliphatic carbocycles. The summed E-state index contributed by atoms with van der Waals surface area (Å²) in [5.41, 5.74) is 0.969. The zero-order chi connectivity index (χ0) is 14.5. The lowest BCUT2D eigenvalue weighted by Gasteiger charge is -2.28. The van der Waals surface area contributed by atoms with Crippen molar-refractivity contribution >= 4 is 17.5 Å². The fraction of sp³-hybridized carbons (Fsp3) is 0.533. The molecule has 110 valence electrons. The Morgan fingerprint density at radius 3 is 2.90 bits per heavy atom. The van der Waals surface area contributed by atoms with Gasteiger partial charge in [0, 0.05) is 12.0 Å². The average Bonchev–Trinajstić information content (AvgIpc) is 2.46. The molecule has 0 saturated heterocycles. The Morgan fingerprint density at radius 2 is 2.20 bits per heavy atom. The van der Waals surface area contributed by atoms with E-state index in [4.69, 9.17) is 16.3 Å². The van der Waals surface area contributed by atoms with Gasteiger partial charge in [-0.05, 0) is 19.2 Å². The van der Waals surface area contributed by atoms with Crippen molar-refractivity contribution in [1.29, 1.82) is 0 Å². The molecule has 20 heavy (non-hydrogen) atoms. The van der Waals surface area contributed by atoms with E-state index in [-0.39, 0.29) is 11.9 Å². The van der Waals surface area contributed by atoms with Gasteiger partial charge in [-0.1, -0.05) is 37.6 Å². The highest BCUT2D eigenvalue weighted by Gasteiger charge is 2.24. The number of halogens is 1. The second-order valence-corrected chi connectivity index (χ2v) is 5.28. The molecule has 1 heterocycles. The number of ether oxygens (including phenoxy) is 1. The molecule has 0 bridgehead atoms. The van der Waals surface area contributed by atoms with Crippen LogP contribution in [0.25, 0.3) is 0 Å². The zero-order valence-corrected chi connectivity index (χ0v) is 12.7. The highest BCUT2D eigenvalue weighted by molar-refractivity contribution is 6.32. The number of carbonyl (C=O) groups is 1. The lowest BCUT2D eigenvalue weighted by molar-refractivity contribution is -0.123. The maximum Gasteiger partial charge on any atom is 0.234 e. The van der Waals surface area contributed by atoms with Crippen molar-refractivity contribution in [2.75, 3.05) is 26.2 Å². The van der Waals surface area contributed by atoms with Crippen LogP contribution in [0.4, 0.5) is 0 Å². The minimum absolute atomic E-state index is 0.0134. The first-order chi connectivity index (χ1) is 9.65. The Morgan fingerprint density at radius 1 is 1.45 bits per heavy atom. The van der Waals surface area contributed by atoms with E-state index in [0.717, 1.165) is 25.1 Å². The maximum atomic E-state index is 12.1. The second kappa shape index (κ2) is 6.95. The maximum absolute atomic E-state index is 12.1. The summed E-state index contributed by atoms with van der Waals surface area (Å²) in [4.78, 5) is 14.2. The highest BCUT2D eigenvalue weighted by atomic mass is 35.5. The number of likely N-dealkylation sites (N-methyl/N-ethyl adjacent to an activating group) is 1. The first-order valence-electron chi connectivity index (χ1n) is 7.08. The Bertz CT molecular complexity index is 475. The lowest BCUT2D eigenvalue weighted by atomic mass is 10.0. The van der Waals surface area contributed by atoms with E-state index >= 15 is 0 Å². The van der Waals surface area contributed by atoms with Crippen LogP contribution in [-0.4, -0.2) is 37.0 Å². The lowest BCUT2D eigenvalue weighted by Crippen LogP contribution is -2.40. The van der Waals surface area contributed by atoms with E-state index in [2.05, 4.69) is 24.1 Å². The summed E-state index contributed by atoms with van der Waals surface area (Å²) < 4.78 is 5.60. The van der Waals surface area contributed by atoms with Gasteiger partial charge < -0.3 is 10.1 Å². The van der Waals surface area contributed by atoms with E-state index < -0.39 is 0 Å². The topological polar surface area (TPSA) is 41.6 Å². The molecule has 1 aromatic carbocycles. The minimum atomic E-state index is -0.0134. The van der Waals surface area contributed by atoms with Gasteiger partial charge in [0.05, 0.1) is 24.2 Å². The molecule has 0 spiro atoms. The molecule has 0 fully saturated rings. The van der Waals surface area contributed by atoms with E-state index in [0.29, 0.717) is 23.9 Å². The fourth-order valence-corrected chi connectivity index (χ4v) is 2.66. The molecule has 0 unspecified atom stereocenters. The van der Waals surface area contributed by atoms with Crippen LogP contribution < -0.4 is 10.1 Å². The number of para-hydroxylation sites is 1. The minimum Gasteiger partial charge on any atom is -0.492 e. The molecule has 1 aliphatic heterocycles. The summed E-state index contributed by atoms with van der Waals surface area (Å²) in [6.07, 6.45) is 0.775. The van der Waals surface area contributed by atoms with Crippen molar-refractivity contribution in [2.24, 2.45) is 0 Å². The first-order valence-corrected chi connectivity index (χ1v) is 7.46. The second-order valence-electron chi connectivity index (χ2n) is 4.88. The Kier molecular flexibility index (Phi) is 5.26. The quantitative estimate of drug-likeness (QED) is 0.908. The van der Waals surface area contributed by atoms with E-state index in [1.807, 2.05) is 12.1 Å². The number of carbonyl (C=O) groups excluding carboxylic acids is 1. The molecule has 1 N–H and O–H groups in total. The van der Waals surface area contributed by atoms with Gasteiger partial charge in [-0.15, -0.1) is 0 Å². The molecule has 1 atom stereocenters. The van der Waals surface area contributed by atoms with Crippen LogP contribution in [0.15, 0.2) is 18.2 Å². The third kappa shape index (κ3) is 3.44. The van der Waals surface area contributed by atoms with Crippen molar-refractivity contribution in [3.05, 3.63) is 28.8 Å². The monoisotopic (exact) mass is 296 g/mol. The van der Waals surface area contributed by atoms with Gasteiger partial charge >= 0.3 is 0 Å². The third-order valence-corrected chi connectivity index (χ3v) is 3.92. The van der Waals surface area contributed by atoms with Crippen molar-refractivity contribution in [3.63, 3.8) is 0 Å². The van der Waals surface area contributed by atoms with Crippen LogP contribution >= 0.6 is 11.6 Å². The molecule has 4 nitrogen and oxygen atoms in total. The Labute approximate surface area is 125 Å². The van der Waals surface area contributed by atoms with Crippen molar-refractivity contribution in [2.45, 2.75) is 26.3 Å². The van der Waals surface area contributed by atoms with Gasteiger partial charge in [0.1, 0.15) is 5.75 Å². The van der Waals surface area contributed by atoms with Gasteiger partial charge in [-0.2, -0.15) is 0 Å². The van der Waals surface area contributed by atoms with Gasteiger partial charge in [0.15, 0.2) is 0 Å². The number of hydrogen-bond acceptors (Lipinski definition) is 3. The van der Waals surface area contributed by atoms with Gasteiger partial charge in [0.25, 0.3) is 0 Å². The zero-order valence-electron chi connectivity index (χ0n) is 12.0. The van der Waals surface area contributed by atoms with Gasteiger partial charge in [-0.25, -0.2) is 0 Å². The highest BCUT2D eigenvalue weighted by Crippen LogP contribution is 2.37. The predicted molar refractivity (Wildman–Crippen MR) is 80.2 cm³/mol. The van der Waals surface area contributed by atoms with Crippen LogP contribution in [0.5, 0.6) is 5.75 Å². The van der Waals surface area contributed by atoms with Gasteiger partial charge in [-0.3, -0.25) is 9.69 Å². The molecule has 5 heteroatoms. The van der Waals surface area contributed by atoms with Crippen molar-refractivity contribution in [1.82, 2.24) is 10.2 Å². The first kappa shape index (κ1) is 15.1. The molecule has 1 aliphatic rings. The number of amides is 1. The Hall–Kier alpha value is -1.26. The number of rotatable bonds is 5. The smallest absolute Gasteiger partial charge is 0.234 e. The molecule has 0 aromatic heterocycles. The number of hydrogen-bond donors (Lipinski definition) is 1. The van der Waals surface area contributed by atoms with Crippen LogP contribution in [0, 0.1) is 0 Å². The molecule has 1 aromatic rings. The predicted octanol–water partition coefficient (Wildman–Crippen LogP) is 2.62. The van der Waals surface area contributed by atoms with Crippen LogP contribution in [0.3, 0.4) is 0 Å². The Balaban J connectivity index is 2.05. The number of nitrogens with one attached hydrogen (secondary N) is 1. The standard InChI is InChI=1S/C15H21ClN2O2/c1-3-18(4-2)10-14(19)17-13-8-9-20-15-11(13)6-5-7-12(15)16/h5-7,13H,3-4,8-10H2,1-2H3,(H,17,19)/t13-/m1/s1. The molecule has 1 amide bonds. The van der Waals surface area contributed by atoms with Gasteiger partial charge in [0.2, 0.25) is 5.91 Å². The summed E-state index contributed by atoms with van der Waals surface area (Å²) in [6.45, 7) is 6.87. The number of benzene rings is 1.